The van der Waals surface area contributed by atoms with Gasteiger partial charge in [0.1, 0.15) is 11.2 Å². The fourth-order valence-corrected chi connectivity index (χ4v) is 16.8. The highest BCUT2D eigenvalue weighted by molar-refractivity contribution is 7.03. The number of hydrogen-bond donors (Lipinski definition) is 0. The summed E-state index contributed by atoms with van der Waals surface area (Å²) in [5, 5.41) is 4.14. The van der Waals surface area contributed by atoms with Crippen LogP contribution in [0, 0.1) is 0 Å². The van der Waals surface area contributed by atoms with Gasteiger partial charge >= 0.3 is 0 Å². The minimum absolute atomic E-state index is 0.245. The molecule has 0 saturated heterocycles. The number of rotatable bonds is 10. The molecule has 6 heterocycles. The lowest BCUT2D eigenvalue weighted by molar-refractivity contribution is 0.669. The van der Waals surface area contributed by atoms with Gasteiger partial charge in [0, 0.05) is 125 Å². The second kappa shape index (κ2) is 22.2. The molecule has 0 amide bonds. The van der Waals surface area contributed by atoms with E-state index in [9.17, 15) is 0 Å². The van der Waals surface area contributed by atoms with Crippen LogP contribution >= 0.6 is 0 Å². The third-order valence-corrected chi connectivity index (χ3v) is 20.9. The van der Waals surface area contributed by atoms with Crippen molar-refractivity contribution in [3.8, 4) is 0 Å². The van der Waals surface area contributed by atoms with Crippen molar-refractivity contribution >= 4 is 192 Å². The van der Waals surface area contributed by atoms with Crippen molar-refractivity contribution < 1.29 is 8.83 Å². The number of hydrogen-bond acceptors (Lipinski definition) is 8. The Balaban J connectivity index is 0.853. The van der Waals surface area contributed by atoms with Crippen LogP contribution in [0.25, 0.3) is 43.9 Å². The van der Waals surface area contributed by atoms with Crippen LogP contribution in [0.15, 0.2) is 361 Å². The molecule has 4 aliphatic heterocycles. The van der Waals surface area contributed by atoms with Crippen molar-refractivity contribution in [2.75, 3.05) is 29.4 Å². The summed E-state index contributed by atoms with van der Waals surface area (Å²) in [5.74, 6) is 0. The van der Waals surface area contributed by atoms with Crippen LogP contribution in [-0.4, -0.2) is 13.4 Å². The molecule has 0 radical (unpaired) electrons. The first-order valence-electron chi connectivity index (χ1n) is 34.3. The van der Waals surface area contributed by atoms with E-state index in [1.807, 2.05) is 0 Å². The molecule has 8 nitrogen and oxygen atoms in total. The summed E-state index contributed by atoms with van der Waals surface area (Å²) in [6.07, 6.45) is 0. The molecule has 21 rings (SSSR count). The molecule has 0 unspecified atom stereocenters. The van der Waals surface area contributed by atoms with Crippen LogP contribution in [0.5, 0.6) is 0 Å². The maximum absolute atomic E-state index is 7.62. The van der Waals surface area contributed by atoms with Gasteiger partial charge in [0.25, 0.3) is 13.4 Å². The molecular formula is C90H58B2N6O2. The van der Waals surface area contributed by atoms with Gasteiger partial charge in [-0.05, 0) is 184 Å². The second-order valence-electron chi connectivity index (χ2n) is 26.3. The topological polar surface area (TPSA) is 45.7 Å². The minimum atomic E-state index is -0.245. The number of furan rings is 2. The quantitative estimate of drug-likeness (QED) is 0.126. The zero-order valence-electron chi connectivity index (χ0n) is 54.1. The van der Waals surface area contributed by atoms with Crippen LogP contribution in [0.3, 0.4) is 0 Å². The molecule has 0 spiro atoms. The van der Waals surface area contributed by atoms with Crippen molar-refractivity contribution in [3.05, 3.63) is 352 Å². The standard InChI is InChI=1S/C90H58B2N6O2/c1-9-29-59(30-10-1)93(60-31-11-2-12-32-60)67-49-51-69-71-55-81-85-87(89(71)99-83(69)53-67)97(65-41-21-7-22-42-65)77-47-27-25-45-73(77)91(85)75-57-76-80(58-79(75)95(81)63-37-17-5-18-38-63)96(64-39-19-6-20-40-64)82-56-72-70-52-50-68(94(61-33-13-3-14-34-61)62-35-15-4-16-36-62)54-84(70)100-90(72)88-86(82)92(76)74-46-26-28-48-78(74)98(88)66-43-23-8-24-44-66/h1-58H. The van der Waals surface area contributed by atoms with Crippen LogP contribution in [0.1, 0.15) is 0 Å². The smallest absolute Gasteiger partial charge is 0.252 e. The van der Waals surface area contributed by atoms with Crippen molar-refractivity contribution in [3.63, 3.8) is 0 Å². The summed E-state index contributed by atoms with van der Waals surface area (Å²) in [6.45, 7) is -0.490. The Morgan fingerprint density at radius 1 is 0.220 bits per heavy atom. The number of nitrogens with zero attached hydrogens (tertiary/aromatic N) is 6. The number of anilines is 18. The van der Waals surface area contributed by atoms with Crippen LogP contribution in [-0.2, 0) is 0 Å². The van der Waals surface area contributed by atoms with Gasteiger partial charge < -0.3 is 38.2 Å². The molecule has 0 aliphatic carbocycles. The lowest BCUT2D eigenvalue weighted by Crippen LogP contribution is -2.65. The van der Waals surface area contributed by atoms with E-state index in [-0.39, 0.29) is 13.4 Å². The normalized spacial score (nSPS) is 13.1. The molecule has 17 aromatic rings. The SMILES string of the molecule is c1ccc(N(c2ccccc2)c2ccc3c(c2)oc2c4c5c(cc23)N(c2ccccc2)c2cc3c(cc2B5c2ccccc2N4c2ccccc2)B2c4ccccc4N(c4ccccc4)c4c2c(cc2c4oc4cc(N(c5ccccc5)c5ccccc5)ccc42)N3c2ccccc2)cc1. The molecule has 0 atom stereocenters. The van der Waals surface area contributed by atoms with Crippen molar-refractivity contribution in [2.24, 2.45) is 0 Å². The lowest BCUT2D eigenvalue weighted by Gasteiger charge is -2.47. The van der Waals surface area contributed by atoms with Gasteiger partial charge in [-0.3, -0.25) is 0 Å². The highest BCUT2D eigenvalue weighted by Crippen LogP contribution is 2.54. The predicted molar refractivity (Wildman–Crippen MR) is 418 cm³/mol. The summed E-state index contributed by atoms with van der Waals surface area (Å²) in [7, 11) is 0. The molecule has 2 aromatic heterocycles. The fraction of sp³-hybridized carbons (Fsp3) is 0. The molecule has 0 fully saturated rings. The summed E-state index contributed by atoms with van der Waals surface area (Å²) in [4.78, 5) is 14.7. The Labute approximate surface area is 579 Å². The molecule has 0 N–H and O–H groups in total. The summed E-state index contributed by atoms with van der Waals surface area (Å²) in [6, 6.07) is 128. The van der Waals surface area contributed by atoms with Gasteiger partial charge in [-0.25, -0.2) is 0 Å². The molecule has 0 saturated carbocycles. The third kappa shape index (κ3) is 8.37. The van der Waals surface area contributed by atoms with E-state index in [0.29, 0.717) is 0 Å². The Hall–Kier alpha value is -13.2. The predicted octanol–water partition coefficient (Wildman–Crippen LogP) is 20.6. The highest BCUT2D eigenvalue weighted by atomic mass is 16.3. The van der Waals surface area contributed by atoms with E-state index in [1.165, 1.54) is 32.8 Å². The van der Waals surface area contributed by atoms with Crippen LogP contribution < -0.4 is 62.2 Å². The van der Waals surface area contributed by atoms with Crippen LogP contribution in [0.2, 0.25) is 0 Å². The van der Waals surface area contributed by atoms with Gasteiger partial charge in [0.2, 0.25) is 0 Å². The van der Waals surface area contributed by atoms with Crippen LogP contribution in [0.4, 0.5) is 102 Å². The Bertz CT molecular complexity index is 5630. The molecular weight excluding hydrogens is 1220 g/mol. The average Bonchev–Trinajstić information content (AvgIpc) is 1.15. The molecule has 4 aliphatic rings. The first-order chi connectivity index (χ1) is 49.7. The van der Waals surface area contributed by atoms with Gasteiger partial charge in [-0.2, -0.15) is 0 Å². The van der Waals surface area contributed by atoms with E-state index in [1.54, 1.807) is 0 Å². The van der Waals surface area contributed by atoms with Crippen molar-refractivity contribution in [1.29, 1.82) is 0 Å². The monoisotopic (exact) mass is 1280 g/mol. The molecule has 10 heteroatoms. The number of benzene rings is 15. The van der Waals surface area contributed by atoms with E-state index in [4.69, 9.17) is 8.83 Å². The first-order valence-corrected chi connectivity index (χ1v) is 34.3. The first kappa shape index (κ1) is 56.0. The van der Waals surface area contributed by atoms with E-state index in [0.717, 1.165) is 146 Å². The van der Waals surface area contributed by atoms with Gasteiger partial charge in [0.05, 0.1) is 11.4 Å². The number of fused-ring (bicyclic) bond motifs is 16. The van der Waals surface area contributed by atoms with Crippen molar-refractivity contribution in [1.82, 2.24) is 0 Å². The molecule has 0 bridgehead atoms. The van der Waals surface area contributed by atoms with E-state index >= 15 is 0 Å². The Morgan fingerprint density at radius 3 is 0.880 bits per heavy atom. The van der Waals surface area contributed by atoms with E-state index < -0.39 is 0 Å². The molecule has 100 heavy (non-hydrogen) atoms. The summed E-state index contributed by atoms with van der Waals surface area (Å²) in [5.41, 5.74) is 29.6. The minimum Gasteiger partial charge on any atom is -0.454 e. The van der Waals surface area contributed by atoms with Gasteiger partial charge in [-0.1, -0.05) is 188 Å². The summed E-state index contributed by atoms with van der Waals surface area (Å²) >= 11 is 0. The zero-order valence-corrected chi connectivity index (χ0v) is 54.1. The average molecular weight is 1280 g/mol. The number of para-hydroxylation sites is 10. The lowest BCUT2D eigenvalue weighted by atomic mass is 9.30. The second-order valence-corrected chi connectivity index (χ2v) is 26.3. The summed E-state index contributed by atoms with van der Waals surface area (Å²) < 4.78 is 15.2. The third-order valence-electron chi connectivity index (χ3n) is 20.9. The fourth-order valence-electron chi connectivity index (χ4n) is 16.8. The molecule has 466 valence electrons. The highest BCUT2D eigenvalue weighted by Gasteiger charge is 2.50. The van der Waals surface area contributed by atoms with E-state index in [2.05, 4.69) is 381 Å². The van der Waals surface area contributed by atoms with Gasteiger partial charge in [-0.15, -0.1) is 0 Å². The maximum Gasteiger partial charge on any atom is 0.252 e. The Kier molecular flexibility index (Phi) is 12.4. The zero-order chi connectivity index (χ0) is 65.5. The largest absolute Gasteiger partial charge is 0.454 e. The van der Waals surface area contributed by atoms with Crippen molar-refractivity contribution in [2.45, 2.75) is 0 Å². The molecule has 15 aromatic carbocycles. The Morgan fingerprint density at radius 2 is 0.530 bits per heavy atom. The van der Waals surface area contributed by atoms with Gasteiger partial charge in [0.15, 0.2) is 11.2 Å². The maximum atomic E-state index is 7.62.